The van der Waals surface area contributed by atoms with Crippen molar-refractivity contribution in [3.63, 3.8) is 0 Å². The molecular weight excluding hydrogens is 312 g/mol. The van der Waals surface area contributed by atoms with E-state index in [4.69, 9.17) is 0 Å². The second-order valence-electron chi connectivity index (χ2n) is 5.38. The normalized spacial score (nSPS) is 20.6. The Kier molecular flexibility index (Phi) is 7.67. The minimum Gasteiger partial charge on any atom is -0.344 e. The number of aldehydes is 1. The standard InChI is InChI=1S/C14H21F2N3O2S/c1-2-3-11(10-20)17-13(21)12(18-22)4-7-19-8-5-14(15,16)6-9-19/h2,10-12H,1,3-9H2,(H,17,21)/t11-,12-/m0/s1. The average molecular weight is 333 g/mol. The largest absolute Gasteiger partial charge is 0.344 e. The molecule has 0 bridgehead atoms. The number of likely N-dealkylation sites (tertiary alicyclic amines) is 1. The molecular formula is C14H21F2N3O2S. The number of nitrogens with zero attached hydrogens (tertiary/aromatic N) is 2. The topological polar surface area (TPSA) is 61.8 Å². The number of hydrogen-bond acceptors (Lipinski definition) is 5. The molecule has 1 aliphatic heterocycles. The van der Waals surface area contributed by atoms with Gasteiger partial charge in [0.15, 0.2) is 0 Å². The van der Waals surface area contributed by atoms with Crippen molar-refractivity contribution >= 4 is 24.6 Å². The highest BCUT2D eigenvalue weighted by Gasteiger charge is 2.34. The number of hydrogen-bond donors (Lipinski definition) is 1. The summed E-state index contributed by atoms with van der Waals surface area (Å²) in [5.74, 6) is -3.01. The molecule has 1 rings (SSSR count). The van der Waals surface area contributed by atoms with Crippen molar-refractivity contribution in [1.82, 2.24) is 10.2 Å². The van der Waals surface area contributed by atoms with Crippen molar-refractivity contribution < 1.29 is 18.4 Å². The number of piperidine rings is 1. The fourth-order valence-corrected chi connectivity index (χ4v) is 2.45. The zero-order chi connectivity index (χ0) is 16.6. The van der Waals surface area contributed by atoms with Crippen LogP contribution in [0.4, 0.5) is 8.78 Å². The molecule has 1 aliphatic rings. The van der Waals surface area contributed by atoms with Gasteiger partial charge in [-0.25, -0.2) is 13.1 Å². The van der Waals surface area contributed by atoms with E-state index in [2.05, 4.69) is 28.7 Å². The van der Waals surface area contributed by atoms with Gasteiger partial charge in [0.05, 0.1) is 6.04 Å². The Morgan fingerprint density at radius 1 is 1.45 bits per heavy atom. The molecule has 2 atom stereocenters. The number of halogens is 2. The van der Waals surface area contributed by atoms with Gasteiger partial charge in [-0.1, -0.05) is 6.08 Å². The van der Waals surface area contributed by atoms with E-state index in [1.165, 1.54) is 6.08 Å². The summed E-state index contributed by atoms with van der Waals surface area (Å²) < 4.78 is 29.7. The number of carbonyl (C=O) groups is 2. The molecule has 0 aliphatic carbocycles. The molecule has 1 heterocycles. The lowest BCUT2D eigenvalue weighted by Gasteiger charge is -2.32. The highest BCUT2D eigenvalue weighted by molar-refractivity contribution is 7.47. The summed E-state index contributed by atoms with van der Waals surface area (Å²) in [6.45, 7) is 4.58. The van der Waals surface area contributed by atoms with Crippen molar-refractivity contribution in [2.24, 2.45) is 4.36 Å². The van der Waals surface area contributed by atoms with E-state index >= 15 is 0 Å². The van der Waals surface area contributed by atoms with Crippen LogP contribution < -0.4 is 5.32 Å². The van der Waals surface area contributed by atoms with Gasteiger partial charge < -0.3 is 15.0 Å². The lowest BCUT2D eigenvalue weighted by Crippen LogP contribution is -2.44. The van der Waals surface area contributed by atoms with Gasteiger partial charge in [0.2, 0.25) is 5.91 Å². The zero-order valence-corrected chi connectivity index (χ0v) is 13.2. The Bertz CT molecular complexity index is 411. The molecule has 0 saturated carbocycles. The van der Waals surface area contributed by atoms with E-state index in [0.29, 0.717) is 38.8 Å². The Hall–Kier alpha value is -1.28. The monoisotopic (exact) mass is 333 g/mol. The molecule has 0 aromatic heterocycles. The summed E-state index contributed by atoms with van der Waals surface area (Å²) >= 11 is 4.62. The molecule has 1 amide bonds. The van der Waals surface area contributed by atoms with E-state index in [-0.39, 0.29) is 12.8 Å². The highest BCUT2D eigenvalue weighted by atomic mass is 32.1. The summed E-state index contributed by atoms with van der Waals surface area (Å²) in [5, 5.41) is 2.54. The maximum absolute atomic E-state index is 13.1. The summed E-state index contributed by atoms with van der Waals surface area (Å²) in [7, 11) is 0. The first-order chi connectivity index (χ1) is 10.4. The summed E-state index contributed by atoms with van der Waals surface area (Å²) in [6.07, 6.45) is 2.52. The first-order valence-electron chi connectivity index (χ1n) is 7.21. The maximum atomic E-state index is 13.1. The van der Waals surface area contributed by atoms with Crippen molar-refractivity contribution in [1.29, 1.82) is 0 Å². The Labute approximate surface area is 134 Å². The van der Waals surface area contributed by atoms with E-state index in [1.807, 2.05) is 4.90 Å². The minimum atomic E-state index is -2.59. The van der Waals surface area contributed by atoms with Crippen LogP contribution in [0.25, 0.3) is 0 Å². The SMILES string of the molecule is C=CC[C@@H](C=O)NC(=O)[C@H](CCN1CCC(F)(F)CC1)N=S. The minimum absolute atomic E-state index is 0.165. The van der Waals surface area contributed by atoms with E-state index in [9.17, 15) is 18.4 Å². The molecule has 0 spiro atoms. The van der Waals surface area contributed by atoms with Crippen molar-refractivity contribution in [3.8, 4) is 0 Å². The summed E-state index contributed by atoms with van der Waals surface area (Å²) in [5.41, 5.74) is 0. The van der Waals surface area contributed by atoms with E-state index in [0.717, 1.165) is 0 Å². The molecule has 1 saturated heterocycles. The van der Waals surface area contributed by atoms with E-state index in [1.54, 1.807) is 0 Å². The maximum Gasteiger partial charge on any atom is 0.250 e. The Morgan fingerprint density at radius 3 is 2.59 bits per heavy atom. The van der Waals surface area contributed by atoms with Gasteiger partial charge in [-0.15, -0.1) is 6.58 Å². The lowest BCUT2D eigenvalue weighted by molar-refractivity contribution is -0.125. The number of alkyl halides is 2. The van der Waals surface area contributed by atoms with Crippen molar-refractivity contribution in [3.05, 3.63) is 12.7 Å². The van der Waals surface area contributed by atoms with Crippen LogP contribution in [0.3, 0.4) is 0 Å². The van der Waals surface area contributed by atoms with Gasteiger partial charge in [0.25, 0.3) is 5.92 Å². The third-order valence-corrected chi connectivity index (χ3v) is 3.90. The van der Waals surface area contributed by atoms with Crippen LogP contribution in [0.2, 0.25) is 0 Å². The Balaban J connectivity index is 2.41. The van der Waals surface area contributed by atoms with E-state index < -0.39 is 23.9 Å². The summed E-state index contributed by atoms with van der Waals surface area (Å²) in [4.78, 5) is 24.7. The van der Waals surface area contributed by atoms with Crippen LogP contribution in [-0.4, -0.2) is 54.7 Å². The summed E-state index contributed by atoms with van der Waals surface area (Å²) in [6, 6.07) is -1.40. The number of amides is 1. The molecule has 8 heteroatoms. The Morgan fingerprint density at radius 2 is 2.09 bits per heavy atom. The van der Waals surface area contributed by atoms with Crippen LogP contribution >= 0.6 is 0 Å². The molecule has 22 heavy (non-hydrogen) atoms. The van der Waals surface area contributed by atoms with Crippen LogP contribution in [0.15, 0.2) is 17.0 Å². The molecule has 0 radical (unpaired) electrons. The molecule has 1 N–H and O–H groups in total. The van der Waals surface area contributed by atoms with Crippen LogP contribution in [0, 0.1) is 0 Å². The first-order valence-corrected chi connectivity index (χ1v) is 7.57. The van der Waals surface area contributed by atoms with Crippen LogP contribution in [0.5, 0.6) is 0 Å². The average Bonchev–Trinajstić information content (AvgIpc) is 2.48. The quantitative estimate of drug-likeness (QED) is 0.513. The third kappa shape index (κ3) is 6.23. The van der Waals surface area contributed by atoms with Gasteiger partial charge in [-0.3, -0.25) is 4.79 Å². The van der Waals surface area contributed by atoms with Gasteiger partial charge in [0.1, 0.15) is 12.3 Å². The second-order valence-corrected chi connectivity index (χ2v) is 5.59. The first kappa shape index (κ1) is 18.8. The van der Waals surface area contributed by atoms with Crippen LogP contribution in [-0.2, 0) is 22.0 Å². The van der Waals surface area contributed by atoms with Gasteiger partial charge >= 0.3 is 0 Å². The number of nitrogens with one attached hydrogen (secondary N) is 1. The fourth-order valence-electron chi connectivity index (χ4n) is 2.25. The van der Waals surface area contributed by atoms with Crippen molar-refractivity contribution in [2.45, 2.75) is 43.7 Å². The number of rotatable bonds is 9. The number of carbonyl (C=O) groups excluding carboxylic acids is 2. The fraction of sp³-hybridized carbons (Fsp3) is 0.714. The molecule has 0 aromatic carbocycles. The van der Waals surface area contributed by atoms with Gasteiger partial charge in [-0.05, 0) is 12.8 Å². The van der Waals surface area contributed by atoms with Gasteiger partial charge in [0, 0.05) is 44.9 Å². The smallest absolute Gasteiger partial charge is 0.250 e. The second kappa shape index (κ2) is 8.99. The molecule has 5 nitrogen and oxygen atoms in total. The lowest BCUT2D eigenvalue weighted by atomic mass is 10.1. The van der Waals surface area contributed by atoms with Gasteiger partial charge in [-0.2, -0.15) is 0 Å². The zero-order valence-electron chi connectivity index (χ0n) is 12.3. The third-order valence-electron chi connectivity index (χ3n) is 3.65. The predicted molar refractivity (Wildman–Crippen MR) is 81.6 cm³/mol. The molecule has 1 fully saturated rings. The van der Waals surface area contributed by atoms with Crippen LogP contribution in [0.1, 0.15) is 25.7 Å². The molecule has 124 valence electrons. The highest BCUT2D eigenvalue weighted by Crippen LogP contribution is 2.27. The predicted octanol–water partition coefficient (Wildman–Crippen LogP) is 1.47. The molecule has 0 unspecified atom stereocenters. The van der Waals surface area contributed by atoms with Crippen molar-refractivity contribution in [2.75, 3.05) is 19.6 Å². The molecule has 0 aromatic rings.